The fourth-order valence-corrected chi connectivity index (χ4v) is 5.54. The van der Waals surface area contributed by atoms with Crippen molar-refractivity contribution in [3.05, 3.63) is 0 Å². The monoisotopic (exact) mass is 527 g/mol. The van der Waals surface area contributed by atoms with Gasteiger partial charge in [-0.2, -0.15) is 0 Å². The molecule has 0 amide bonds. The number of hydrogen-bond donors (Lipinski definition) is 0. The first-order valence-electron chi connectivity index (χ1n) is 17.5. The van der Waals surface area contributed by atoms with Crippen molar-refractivity contribution in [3.63, 3.8) is 0 Å². The quantitative estimate of drug-likeness (QED) is 0.0772. The first-order chi connectivity index (χ1) is 18.3. The van der Waals surface area contributed by atoms with E-state index in [1.54, 1.807) is 0 Å². The van der Waals surface area contributed by atoms with E-state index in [4.69, 9.17) is 4.74 Å². The van der Waals surface area contributed by atoms with Gasteiger partial charge in [0, 0.05) is 6.61 Å². The molecular weight excluding hydrogens is 455 g/mol. The number of ether oxygens (including phenoxy) is 1. The van der Waals surface area contributed by atoms with Gasteiger partial charge in [-0.1, -0.05) is 181 Å². The smallest absolute Gasteiger partial charge is 0.0894 e. The van der Waals surface area contributed by atoms with E-state index in [0.29, 0.717) is 6.10 Å². The first kappa shape index (κ1) is 36.9. The van der Waals surface area contributed by atoms with Crippen LogP contribution in [0.5, 0.6) is 0 Å². The highest BCUT2D eigenvalue weighted by molar-refractivity contribution is 4.61. The summed E-state index contributed by atoms with van der Waals surface area (Å²) in [7, 11) is 0. The summed E-state index contributed by atoms with van der Waals surface area (Å²) in [6, 6.07) is 0. The molecule has 0 rings (SSSR count). The van der Waals surface area contributed by atoms with Gasteiger partial charge in [-0.15, -0.1) is 0 Å². The van der Waals surface area contributed by atoms with E-state index in [1.807, 2.05) is 0 Å². The average Bonchev–Trinajstić information content (AvgIpc) is 2.91. The molecule has 0 saturated carbocycles. The van der Waals surface area contributed by atoms with Gasteiger partial charge in [-0.3, -0.25) is 4.39 Å². The fourth-order valence-electron chi connectivity index (χ4n) is 5.54. The van der Waals surface area contributed by atoms with Crippen LogP contribution >= 0.6 is 0 Å². The lowest BCUT2D eigenvalue weighted by Crippen LogP contribution is -2.14. The standard InChI is InChI=1S/C35H71FO/c1-3-5-7-9-11-13-15-17-19-23-27-31-35(37-34-30-26-22-21-25-29-33-36)32-28-24-20-18-16-14-12-10-8-6-4-2/h35H,3-34H2,1-2H3. The minimum atomic E-state index is -0.150. The van der Waals surface area contributed by atoms with Crippen LogP contribution in [0.3, 0.4) is 0 Å². The fraction of sp³-hybridized carbons (Fsp3) is 1.00. The molecule has 37 heavy (non-hydrogen) atoms. The molecule has 0 aliphatic carbocycles. The van der Waals surface area contributed by atoms with Gasteiger partial charge in [0.1, 0.15) is 0 Å². The maximum absolute atomic E-state index is 12.2. The molecule has 0 atom stereocenters. The summed E-state index contributed by atoms with van der Waals surface area (Å²) >= 11 is 0. The molecule has 0 radical (unpaired) electrons. The van der Waals surface area contributed by atoms with Crippen molar-refractivity contribution in [2.45, 2.75) is 213 Å². The number of halogens is 1. The van der Waals surface area contributed by atoms with Gasteiger partial charge in [0.15, 0.2) is 0 Å². The lowest BCUT2D eigenvalue weighted by atomic mass is 10.0. The van der Waals surface area contributed by atoms with Gasteiger partial charge >= 0.3 is 0 Å². The summed E-state index contributed by atoms with van der Waals surface area (Å²) in [6.07, 6.45) is 40.9. The van der Waals surface area contributed by atoms with Crippen LogP contribution in [-0.4, -0.2) is 19.4 Å². The highest BCUT2D eigenvalue weighted by atomic mass is 19.1. The van der Waals surface area contributed by atoms with E-state index in [-0.39, 0.29) is 6.67 Å². The zero-order chi connectivity index (χ0) is 26.9. The predicted molar refractivity (Wildman–Crippen MR) is 166 cm³/mol. The van der Waals surface area contributed by atoms with Crippen LogP contribution in [-0.2, 0) is 4.74 Å². The summed E-state index contributed by atoms with van der Waals surface area (Å²) in [5.74, 6) is 0. The largest absolute Gasteiger partial charge is 0.378 e. The molecule has 0 spiro atoms. The summed E-state index contributed by atoms with van der Waals surface area (Å²) in [5.41, 5.74) is 0. The molecule has 0 saturated heterocycles. The van der Waals surface area contributed by atoms with Crippen molar-refractivity contribution in [1.82, 2.24) is 0 Å². The highest BCUT2D eigenvalue weighted by Gasteiger charge is 2.09. The lowest BCUT2D eigenvalue weighted by Gasteiger charge is -2.18. The third kappa shape index (κ3) is 32.0. The van der Waals surface area contributed by atoms with Gasteiger partial charge in [0.2, 0.25) is 0 Å². The zero-order valence-electron chi connectivity index (χ0n) is 26.0. The Labute approximate surface area is 234 Å². The third-order valence-corrected chi connectivity index (χ3v) is 8.14. The Hall–Kier alpha value is -0.110. The third-order valence-electron chi connectivity index (χ3n) is 8.14. The molecule has 0 aromatic heterocycles. The molecule has 0 aromatic carbocycles. The van der Waals surface area contributed by atoms with E-state index < -0.39 is 0 Å². The first-order valence-corrected chi connectivity index (χ1v) is 17.5. The Morgan fingerprint density at radius 1 is 0.378 bits per heavy atom. The molecule has 224 valence electrons. The van der Waals surface area contributed by atoms with Crippen molar-refractivity contribution in [3.8, 4) is 0 Å². The highest BCUT2D eigenvalue weighted by Crippen LogP contribution is 2.19. The van der Waals surface area contributed by atoms with E-state index in [0.717, 1.165) is 19.4 Å². The minimum Gasteiger partial charge on any atom is -0.378 e. The van der Waals surface area contributed by atoms with Gasteiger partial charge in [-0.05, 0) is 25.7 Å². The molecule has 0 unspecified atom stereocenters. The van der Waals surface area contributed by atoms with Gasteiger partial charge in [0.25, 0.3) is 0 Å². The summed E-state index contributed by atoms with van der Waals surface area (Å²) in [4.78, 5) is 0. The van der Waals surface area contributed by atoms with Crippen LogP contribution in [0.1, 0.15) is 206 Å². The Bertz CT molecular complexity index is 359. The minimum absolute atomic E-state index is 0.150. The Kier molecular flexibility index (Phi) is 33.8. The van der Waals surface area contributed by atoms with Crippen molar-refractivity contribution < 1.29 is 9.13 Å². The maximum Gasteiger partial charge on any atom is 0.0894 e. The second kappa shape index (κ2) is 33.9. The second-order valence-corrected chi connectivity index (χ2v) is 12.0. The number of rotatable bonds is 33. The van der Waals surface area contributed by atoms with Crippen LogP contribution in [0.4, 0.5) is 4.39 Å². The average molecular weight is 527 g/mol. The maximum atomic E-state index is 12.2. The number of alkyl halides is 1. The van der Waals surface area contributed by atoms with E-state index >= 15 is 0 Å². The van der Waals surface area contributed by atoms with Crippen molar-refractivity contribution >= 4 is 0 Å². The van der Waals surface area contributed by atoms with Crippen LogP contribution in [0.25, 0.3) is 0 Å². The van der Waals surface area contributed by atoms with Gasteiger partial charge in [0.05, 0.1) is 12.8 Å². The molecule has 0 bridgehead atoms. The van der Waals surface area contributed by atoms with E-state index in [9.17, 15) is 4.39 Å². The Morgan fingerprint density at radius 3 is 1.03 bits per heavy atom. The van der Waals surface area contributed by atoms with Crippen LogP contribution < -0.4 is 0 Å². The number of hydrogen-bond acceptors (Lipinski definition) is 1. The summed E-state index contributed by atoms with van der Waals surface area (Å²) in [6.45, 7) is 5.38. The van der Waals surface area contributed by atoms with Crippen LogP contribution in [0, 0.1) is 0 Å². The molecular formula is C35H71FO. The van der Waals surface area contributed by atoms with Gasteiger partial charge in [-0.25, -0.2) is 0 Å². The molecule has 0 aliphatic rings. The van der Waals surface area contributed by atoms with Crippen molar-refractivity contribution in [1.29, 1.82) is 0 Å². The van der Waals surface area contributed by atoms with E-state index in [2.05, 4.69) is 13.8 Å². The lowest BCUT2D eigenvalue weighted by molar-refractivity contribution is 0.0357. The topological polar surface area (TPSA) is 9.23 Å². The zero-order valence-corrected chi connectivity index (χ0v) is 26.0. The normalized spacial score (nSPS) is 11.7. The summed E-state index contributed by atoms with van der Waals surface area (Å²) < 4.78 is 18.6. The predicted octanol–water partition coefficient (Wildman–Crippen LogP) is 13.1. The Morgan fingerprint density at radius 2 is 0.676 bits per heavy atom. The molecule has 0 heterocycles. The molecule has 2 heteroatoms. The second-order valence-electron chi connectivity index (χ2n) is 12.0. The molecule has 0 aromatic rings. The van der Waals surface area contributed by atoms with Gasteiger partial charge < -0.3 is 4.74 Å². The number of unbranched alkanes of at least 4 members (excludes halogenated alkanes) is 25. The molecule has 0 N–H and O–H groups in total. The molecule has 1 nitrogen and oxygen atoms in total. The Balaban J connectivity index is 3.84. The molecule has 0 aliphatic heterocycles. The van der Waals surface area contributed by atoms with Crippen LogP contribution in [0.15, 0.2) is 0 Å². The van der Waals surface area contributed by atoms with Crippen molar-refractivity contribution in [2.75, 3.05) is 13.3 Å². The summed E-state index contributed by atoms with van der Waals surface area (Å²) in [5, 5.41) is 0. The van der Waals surface area contributed by atoms with Crippen LogP contribution in [0.2, 0.25) is 0 Å². The molecule has 0 fully saturated rings. The van der Waals surface area contributed by atoms with Crippen molar-refractivity contribution in [2.24, 2.45) is 0 Å². The SMILES string of the molecule is CCCCCCCCCCCCCC(CCCCCCCCCCCCC)OCCCCCCCCF. The van der Waals surface area contributed by atoms with E-state index in [1.165, 1.54) is 180 Å².